The number of nitrogens with one attached hydrogen (secondary N) is 2. The first-order valence-corrected chi connectivity index (χ1v) is 26.2. The highest BCUT2D eigenvalue weighted by Crippen LogP contribution is 2.72. The average molecular weight is 967 g/mol. The quantitative estimate of drug-likeness (QED) is 0.130. The molecule has 68 heavy (non-hydrogen) atoms. The molecule has 1 saturated heterocycles. The molecule has 13 atom stereocenters. The van der Waals surface area contributed by atoms with E-state index in [1.807, 2.05) is 18.2 Å². The largest absolute Gasteiger partial charge is 0.511 e. The Labute approximate surface area is 402 Å². The van der Waals surface area contributed by atoms with Gasteiger partial charge in [0.2, 0.25) is 6.29 Å². The molecule has 2 aromatic carbocycles. The fourth-order valence-electron chi connectivity index (χ4n) is 14.1. The number of Topliss-reactive ketones (excluding diaryl/α,β-unsaturated/α-hetero) is 2. The number of hydrogen-bond acceptors (Lipinski definition) is 16. The first kappa shape index (κ1) is 46.2. The lowest BCUT2D eigenvalue weighted by Crippen LogP contribution is -2.70. The van der Waals surface area contributed by atoms with E-state index >= 15 is 9.59 Å². The molecule has 16 heteroatoms. The van der Waals surface area contributed by atoms with Crippen molar-refractivity contribution in [1.29, 1.82) is 0 Å². The maximum absolute atomic E-state index is 15.9. The summed E-state index contributed by atoms with van der Waals surface area (Å²) in [6.45, 7) is -0.695. The lowest BCUT2D eigenvalue weighted by molar-refractivity contribution is -0.320. The third kappa shape index (κ3) is 6.68. The van der Waals surface area contributed by atoms with E-state index in [1.165, 1.54) is 33.7 Å². The Morgan fingerprint density at radius 1 is 0.971 bits per heavy atom. The van der Waals surface area contributed by atoms with Gasteiger partial charge in [-0.05, 0) is 103 Å². The zero-order chi connectivity index (χ0) is 47.3. The van der Waals surface area contributed by atoms with Gasteiger partial charge in [-0.1, -0.05) is 82.6 Å². The number of ether oxygens (including phenoxy) is 2. The Morgan fingerprint density at radius 3 is 2.59 bits per heavy atom. The van der Waals surface area contributed by atoms with E-state index in [9.17, 15) is 40.5 Å². The zero-order valence-electron chi connectivity index (χ0n) is 37.5. The summed E-state index contributed by atoms with van der Waals surface area (Å²) in [5.41, 5.74) is -0.611. The van der Waals surface area contributed by atoms with Crippen molar-refractivity contribution in [1.82, 2.24) is 10.6 Å². The third-order valence-electron chi connectivity index (χ3n) is 17.1. The van der Waals surface area contributed by atoms with Gasteiger partial charge >= 0.3 is 0 Å². The third-order valence-corrected chi connectivity index (χ3v) is 20.3. The summed E-state index contributed by atoms with van der Waals surface area (Å²) in [5.74, 6) is -2.45. The number of hydrogen-bond donors (Lipinski definition) is 9. The maximum Gasteiger partial charge on any atom is 0.229 e. The Morgan fingerprint density at radius 2 is 1.79 bits per heavy atom. The number of carbonyl (C=O) groups excluding carboxylic acids is 3. The SMILES string of the molecule is O=CC1CCCC12CCC13CC4(O)C(O)C(CO)OC(Oc5cccc6c5C(=O)C5(C(O)=CC(Cc7cccc(CO)c7)=CC5C6=O)C(CCCO)SSC5CC(=CC12)C1=C(NCC=C13)N5)C4O. The van der Waals surface area contributed by atoms with Crippen LogP contribution in [0.3, 0.4) is 0 Å². The van der Waals surface area contributed by atoms with E-state index < -0.39 is 75.8 Å². The van der Waals surface area contributed by atoms with Crippen molar-refractivity contribution in [3.8, 4) is 5.75 Å². The predicted octanol–water partition coefficient (Wildman–Crippen LogP) is 4.64. The summed E-state index contributed by atoms with van der Waals surface area (Å²) in [5, 5.41) is 87.8. The van der Waals surface area contributed by atoms with Gasteiger partial charge in [0.1, 0.15) is 52.9 Å². The number of aldehydes is 1. The minimum Gasteiger partial charge on any atom is -0.511 e. The molecule has 0 radical (unpaired) electrons. The van der Waals surface area contributed by atoms with E-state index in [0.717, 1.165) is 53.7 Å². The number of rotatable bonds is 8. The molecule has 13 unspecified atom stereocenters. The minimum atomic E-state index is -2.37. The second kappa shape index (κ2) is 17.3. The maximum atomic E-state index is 15.9. The summed E-state index contributed by atoms with van der Waals surface area (Å²) in [4.78, 5) is 44.2. The zero-order valence-corrected chi connectivity index (χ0v) is 39.1. The van der Waals surface area contributed by atoms with Crippen LogP contribution in [0.15, 0.2) is 101 Å². The van der Waals surface area contributed by atoms with E-state index in [2.05, 4.69) is 22.8 Å². The Kier molecular flexibility index (Phi) is 11.7. The molecule has 3 spiro atoms. The molecule has 11 aliphatic rings. The second-order valence-electron chi connectivity index (χ2n) is 20.4. The highest BCUT2D eigenvalue weighted by molar-refractivity contribution is 8.77. The smallest absolute Gasteiger partial charge is 0.229 e. The van der Waals surface area contributed by atoms with Crippen molar-refractivity contribution in [2.45, 2.75) is 112 Å². The summed E-state index contributed by atoms with van der Waals surface area (Å²) >= 11 is 0. The Bertz CT molecular complexity index is 2610. The van der Waals surface area contributed by atoms with Crippen LogP contribution in [-0.2, 0) is 22.6 Å². The standard InChI is InChI=1S/C52H58N2O12S2/c55-16-4-10-39-52-34(19-29(20-38(52)59)18-27-5-1-6-28(17-27)23-56)43(60)32-8-2-9-35(42(32)45(52)62)65-48-46(63)51(64,44(61)36(25-58)66-48)26-50-14-13-49(12-3-7-31(49)24-57)37(50)21-30-22-40(68-67-39)54-47-41(30)33(50)11-15-53-47/h1-2,5-6,8-9,11,17,19-21,24,31,34,36-37,39-40,44,46,48,53-56,58-59,61,63-64H,3-4,7,10,12-16,18,22-23,25-26H2. The summed E-state index contributed by atoms with van der Waals surface area (Å²) in [6.07, 6.45) is 6.63. The molecule has 0 aromatic heterocycles. The number of allylic oxidation sites excluding steroid dienone is 7. The number of benzene rings is 2. The van der Waals surface area contributed by atoms with Crippen LogP contribution in [0.1, 0.15) is 89.6 Å². The molecule has 6 aliphatic heterocycles. The molecular weight excluding hydrogens is 909 g/mol. The van der Waals surface area contributed by atoms with Gasteiger partial charge in [0, 0.05) is 47.3 Å². The van der Waals surface area contributed by atoms with Crippen LogP contribution in [0.4, 0.5) is 0 Å². The molecular formula is C52H58N2O12S2. The van der Waals surface area contributed by atoms with Crippen LogP contribution < -0.4 is 15.4 Å². The average Bonchev–Trinajstić information content (AvgIpc) is 3.91. The topological polar surface area (TPSA) is 235 Å². The number of dihydropyridines is 1. The normalized spacial score (nSPS) is 39.1. The highest BCUT2D eigenvalue weighted by atomic mass is 33.1. The van der Waals surface area contributed by atoms with Crippen LogP contribution in [0, 0.1) is 34.0 Å². The van der Waals surface area contributed by atoms with Crippen molar-refractivity contribution in [3.63, 3.8) is 0 Å². The van der Waals surface area contributed by atoms with E-state index in [1.54, 1.807) is 24.3 Å². The number of aliphatic hydroxyl groups is 7. The monoisotopic (exact) mass is 966 g/mol. The van der Waals surface area contributed by atoms with Crippen molar-refractivity contribution < 1.29 is 59.6 Å². The molecule has 2 saturated carbocycles. The fraction of sp³-hybridized carbons (Fsp3) is 0.519. The molecule has 10 bridgehead atoms. The van der Waals surface area contributed by atoms with E-state index in [-0.39, 0.29) is 72.3 Å². The first-order chi connectivity index (χ1) is 32.9. The summed E-state index contributed by atoms with van der Waals surface area (Å²) < 4.78 is 12.7. The van der Waals surface area contributed by atoms with Gasteiger partial charge in [-0.3, -0.25) is 9.59 Å². The molecule has 360 valence electrons. The van der Waals surface area contributed by atoms with Gasteiger partial charge < -0.3 is 60.6 Å². The van der Waals surface area contributed by atoms with Gasteiger partial charge in [0.25, 0.3) is 0 Å². The second-order valence-corrected chi connectivity index (χ2v) is 23.0. The van der Waals surface area contributed by atoms with Gasteiger partial charge in [-0.2, -0.15) is 0 Å². The molecule has 5 aliphatic carbocycles. The predicted molar refractivity (Wildman–Crippen MR) is 253 cm³/mol. The number of carbonyl (C=O) groups is 3. The lowest BCUT2D eigenvalue weighted by Gasteiger charge is -2.56. The molecule has 0 amide bonds. The van der Waals surface area contributed by atoms with Gasteiger partial charge in [-0.15, -0.1) is 0 Å². The molecule has 14 nitrogen and oxygen atoms in total. The van der Waals surface area contributed by atoms with Gasteiger partial charge in [-0.25, -0.2) is 0 Å². The molecule has 13 rings (SSSR count). The lowest BCUT2D eigenvalue weighted by atomic mass is 9.53. The van der Waals surface area contributed by atoms with E-state index in [0.29, 0.717) is 43.4 Å². The van der Waals surface area contributed by atoms with Crippen molar-refractivity contribution in [2.75, 3.05) is 19.8 Å². The number of aliphatic hydroxyl groups excluding tert-OH is 6. The van der Waals surface area contributed by atoms with Crippen LogP contribution >= 0.6 is 21.6 Å². The Balaban J connectivity index is 1.10. The first-order valence-electron chi connectivity index (χ1n) is 24.0. The molecule has 9 N–H and O–H groups in total. The molecule has 2 aromatic rings. The highest BCUT2D eigenvalue weighted by Gasteiger charge is 2.69. The van der Waals surface area contributed by atoms with Gasteiger partial charge in [0.05, 0.1) is 30.1 Å². The molecule has 3 fully saturated rings. The number of ketones is 2. The van der Waals surface area contributed by atoms with Crippen molar-refractivity contribution in [2.24, 2.45) is 34.0 Å². The minimum absolute atomic E-state index is 0.0238. The van der Waals surface area contributed by atoms with Gasteiger partial charge in [0.15, 0.2) is 11.6 Å². The fourth-order valence-corrected chi connectivity index (χ4v) is 17.5. The van der Waals surface area contributed by atoms with E-state index in [4.69, 9.17) is 9.47 Å². The van der Waals surface area contributed by atoms with Crippen molar-refractivity contribution in [3.05, 3.63) is 123 Å². The van der Waals surface area contributed by atoms with Crippen LogP contribution in [0.2, 0.25) is 0 Å². The summed E-state index contributed by atoms with van der Waals surface area (Å²) in [6, 6.07) is 11.9. The van der Waals surface area contributed by atoms with Crippen LogP contribution in [0.25, 0.3) is 0 Å². The molecule has 6 heterocycles. The van der Waals surface area contributed by atoms with Crippen LogP contribution in [0.5, 0.6) is 5.75 Å². The summed E-state index contributed by atoms with van der Waals surface area (Å²) in [7, 11) is 2.89. The van der Waals surface area contributed by atoms with Crippen LogP contribution in [-0.4, -0.2) is 114 Å². The van der Waals surface area contributed by atoms with Crippen molar-refractivity contribution >= 4 is 39.4 Å². The Hall–Kier alpha value is -4.23.